The Hall–Kier alpha value is -1.50. The van der Waals surface area contributed by atoms with Crippen LogP contribution >= 0.6 is 0 Å². The van der Waals surface area contributed by atoms with Gasteiger partial charge in [-0.15, -0.1) is 0 Å². The van der Waals surface area contributed by atoms with Gasteiger partial charge in [-0.2, -0.15) is 0 Å². The standard InChI is InChI=1S/C26H38O4Si/c1-26(2,3)31(4,5)30-25(20-27-17-21-12-8-6-9-13-21)24(16-23-19-28-23)29-18-22-14-10-7-11-15-22/h6-15,23-25H,16-20H2,1-5H3/t23?,24-,25+/m0/s1. The van der Waals surface area contributed by atoms with Gasteiger partial charge in [0.1, 0.15) is 0 Å². The molecule has 3 atom stereocenters. The van der Waals surface area contributed by atoms with Crippen molar-refractivity contribution in [2.75, 3.05) is 13.2 Å². The van der Waals surface area contributed by atoms with Crippen LogP contribution in [0.3, 0.4) is 0 Å². The van der Waals surface area contributed by atoms with Gasteiger partial charge in [0, 0.05) is 6.42 Å². The monoisotopic (exact) mass is 442 g/mol. The van der Waals surface area contributed by atoms with Crippen LogP contribution in [0.4, 0.5) is 0 Å². The first-order valence-corrected chi connectivity index (χ1v) is 14.2. The van der Waals surface area contributed by atoms with Gasteiger partial charge in [0.05, 0.1) is 44.7 Å². The molecule has 1 aliphatic heterocycles. The zero-order chi connectivity index (χ0) is 22.3. The SMILES string of the molecule is CC(C)(C)[Si](C)(C)O[C@H](COCc1ccccc1)[C@H](CC1CO1)OCc1ccccc1. The summed E-state index contributed by atoms with van der Waals surface area (Å²) in [5.41, 5.74) is 2.33. The van der Waals surface area contributed by atoms with Crippen molar-refractivity contribution >= 4 is 8.32 Å². The van der Waals surface area contributed by atoms with E-state index < -0.39 is 8.32 Å². The summed E-state index contributed by atoms with van der Waals surface area (Å²) in [6.07, 6.45) is 0.899. The molecule has 4 nitrogen and oxygen atoms in total. The summed E-state index contributed by atoms with van der Waals surface area (Å²) in [6.45, 7) is 13.8. The fourth-order valence-corrected chi connectivity index (χ4v) is 4.54. The molecule has 0 spiro atoms. The molecule has 1 heterocycles. The lowest BCUT2D eigenvalue weighted by Gasteiger charge is -2.41. The van der Waals surface area contributed by atoms with Gasteiger partial charge < -0.3 is 18.6 Å². The highest BCUT2D eigenvalue weighted by Gasteiger charge is 2.42. The summed E-state index contributed by atoms with van der Waals surface area (Å²) < 4.78 is 25.0. The number of hydrogen-bond acceptors (Lipinski definition) is 4. The second-order valence-corrected chi connectivity index (χ2v) is 14.7. The molecule has 1 fully saturated rings. The van der Waals surface area contributed by atoms with Crippen molar-refractivity contribution in [2.24, 2.45) is 0 Å². The van der Waals surface area contributed by atoms with Crippen LogP contribution in [-0.2, 0) is 31.9 Å². The number of epoxide rings is 1. The molecule has 1 saturated heterocycles. The van der Waals surface area contributed by atoms with Gasteiger partial charge in [0.2, 0.25) is 0 Å². The molecule has 2 aromatic rings. The highest BCUT2D eigenvalue weighted by atomic mass is 28.4. The van der Waals surface area contributed by atoms with Crippen LogP contribution in [0.2, 0.25) is 18.1 Å². The summed E-state index contributed by atoms with van der Waals surface area (Å²) in [6, 6.07) is 20.6. The van der Waals surface area contributed by atoms with Crippen molar-refractivity contribution in [3.63, 3.8) is 0 Å². The smallest absolute Gasteiger partial charge is 0.192 e. The third-order valence-corrected chi connectivity index (χ3v) is 10.8. The Labute approximate surface area is 189 Å². The molecule has 0 amide bonds. The average Bonchev–Trinajstić information content (AvgIpc) is 3.55. The Morgan fingerprint density at radius 2 is 1.45 bits per heavy atom. The van der Waals surface area contributed by atoms with E-state index in [0.29, 0.717) is 19.8 Å². The van der Waals surface area contributed by atoms with Gasteiger partial charge in [0.25, 0.3) is 0 Å². The third-order valence-electron chi connectivity index (χ3n) is 6.27. The first-order chi connectivity index (χ1) is 14.7. The summed E-state index contributed by atoms with van der Waals surface area (Å²) >= 11 is 0. The second-order valence-electron chi connectivity index (χ2n) is 9.94. The number of ether oxygens (including phenoxy) is 3. The topological polar surface area (TPSA) is 40.2 Å². The van der Waals surface area contributed by atoms with Crippen molar-refractivity contribution in [1.82, 2.24) is 0 Å². The van der Waals surface area contributed by atoms with Crippen LogP contribution in [-0.4, -0.2) is 39.8 Å². The van der Waals surface area contributed by atoms with Crippen LogP contribution < -0.4 is 0 Å². The summed E-state index contributed by atoms with van der Waals surface area (Å²) in [7, 11) is -2.00. The third kappa shape index (κ3) is 7.85. The fraction of sp³-hybridized carbons (Fsp3) is 0.538. The van der Waals surface area contributed by atoms with E-state index in [0.717, 1.165) is 13.0 Å². The van der Waals surface area contributed by atoms with E-state index in [1.807, 2.05) is 36.4 Å². The molecule has 5 heteroatoms. The van der Waals surface area contributed by atoms with E-state index in [1.165, 1.54) is 11.1 Å². The van der Waals surface area contributed by atoms with E-state index in [2.05, 4.69) is 58.1 Å². The van der Waals surface area contributed by atoms with Gasteiger partial charge in [0.15, 0.2) is 8.32 Å². The lowest BCUT2D eigenvalue weighted by molar-refractivity contribution is -0.0796. The molecule has 31 heavy (non-hydrogen) atoms. The maximum Gasteiger partial charge on any atom is 0.192 e. The number of benzene rings is 2. The van der Waals surface area contributed by atoms with Crippen LogP contribution in [0.1, 0.15) is 38.3 Å². The van der Waals surface area contributed by atoms with Gasteiger partial charge >= 0.3 is 0 Å². The Morgan fingerprint density at radius 1 is 0.903 bits per heavy atom. The zero-order valence-corrected chi connectivity index (χ0v) is 20.7. The van der Waals surface area contributed by atoms with Gasteiger partial charge in [-0.05, 0) is 29.3 Å². The first-order valence-electron chi connectivity index (χ1n) is 11.3. The lowest BCUT2D eigenvalue weighted by atomic mass is 10.1. The van der Waals surface area contributed by atoms with Crippen LogP contribution in [0.5, 0.6) is 0 Å². The molecule has 3 rings (SSSR count). The largest absolute Gasteiger partial charge is 0.409 e. The van der Waals surface area contributed by atoms with Crippen molar-refractivity contribution in [3.8, 4) is 0 Å². The van der Waals surface area contributed by atoms with Crippen molar-refractivity contribution < 1.29 is 18.6 Å². The van der Waals surface area contributed by atoms with Gasteiger partial charge in [-0.1, -0.05) is 81.4 Å². The molecular formula is C26H38O4Si. The van der Waals surface area contributed by atoms with E-state index in [9.17, 15) is 0 Å². The number of hydrogen-bond donors (Lipinski definition) is 0. The molecular weight excluding hydrogens is 404 g/mol. The highest BCUT2D eigenvalue weighted by molar-refractivity contribution is 6.74. The van der Waals surface area contributed by atoms with E-state index in [1.54, 1.807) is 0 Å². The molecule has 1 unspecified atom stereocenters. The van der Waals surface area contributed by atoms with Crippen molar-refractivity contribution in [2.45, 2.75) is 76.8 Å². The second kappa shape index (κ2) is 10.9. The predicted octanol–water partition coefficient (Wildman–Crippen LogP) is 5.97. The molecule has 1 aliphatic rings. The lowest BCUT2D eigenvalue weighted by Crippen LogP contribution is -2.49. The summed E-state index contributed by atoms with van der Waals surface area (Å²) in [4.78, 5) is 0. The molecule has 0 aliphatic carbocycles. The summed E-state index contributed by atoms with van der Waals surface area (Å²) in [5, 5.41) is 0.116. The van der Waals surface area contributed by atoms with Gasteiger partial charge in [-0.3, -0.25) is 0 Å². The van der Waals surface area contributed by atoms with E-state index >= 15 is 0 Å². The Bertz CT molecular complexity index is 769. The molecule has 0 bridgehead atoms. The van der Waals surface area contributed by atoms with Crippen LogP contribution in [0.15, 0.2) is 60.7 Å². The van der Waals surface area contributed by atoms with E-state index in [-0.39, 0.29) is 23.4 Å². The molecule has 0 radical (unpaired) electrons. The minimum atomic E-state index is -2.00. The van der Waals surface area contributed by atoms with Crippen LogP contribution in [0.25, 0.3) is 0 Å². The maximum atomic E-state index is 6.85. The highest BCUT2D eigenvalue weighted by Crippen LogP contribution is 2.38. The predicted molar refractivity (Wildman–Crippen MR) is 128 cm³/mol. The minimum Gasteiger partial charge on any atom is -0.409 e. The van der Waals surface area contributed by atoms with Crippen molar-refractivity contribution in [3.05, 3.63) is 71.8 Å². The zero-order valence-electron chi connectivity index (χ0n) is 19.7. The average molecular weight is 443 g/mol. The molecule has 0 aromatic heterocycles. The number of rotatable bonds is 12. The summed E-state index contributed by atoms with van der Waals surface area (Å²) in [5.74, 6) is 0. The van der Waals surface area contributed by atoms with Gasteiger partial charge in [-0.25, -0.2) is 0 Å². The Morgan fingerprint density at radius 3 is 1.97 bits per heavy atom. The van der Waals surface area contributed by atoms with Crippen molar-refractivity contribution in [1.29, 1.82) is 0 Å². The molecule has 0 saturated carbocycles. The first kappa shape index (κ1) is 24.1. The van der Waals surface area contributed by atoms with Crippen LogP contribution in [0, 0.1) is 0 Å². The fourth-order valence-electron chi connectivity index (χ4n) is 3.21. The molecule has 170 valence electrons. The molecule has 2 aromatic carbocycles. The van der Waals surface area contributed by atoms with E-state index in [4.69, 9.17) is 18.6 Å². The minimum absolute atomic E-state index is 0.0717. The quantitative estimate of drug-likeness (QED) is 0.300. The normalized spacial score (nSPS) is 18.5. The maximum absolute atomic E-state index is 6.85. The Kier molecular flexibility index (Phi) is 8.48. The Balaban J connectivity index is 1.70. The molecule has 0 N–H and O–H groups in total.